The monoisotopic (exact) mass is 440 g/mol. The normalized spacial score (nSPS) is 20.1. The fraction of sp³-hybridized carbons (Fsp3) is 0.261. The molecule has 0 radical (unpaired) electrons. The van der Waals surface area contributed by atoms with E-state index in [1.807, 2.05) is 54.2 Å². The molecular formula is C23H22Cl2N4O. The molecule has 2 heterocycles. The molecule has 1 aliphatic carbocycles. The van der Waals surface area contributed by atoms with Gasteiger partial charge in [0, 0.05) is 36.9 Å². The number of hydrogen-bond donors (Lipinski definition) is 1. The summed E-state index contributed by atoms with van der Waals surface area (Å²) in [5.41, 5.74) is 4.01. The summed E-state index contributed by atoms with van der Waals surface area (Å²) >= 11 is 12.5. The Labute approximate surface area is 185 Å². The fourth-order valence-corrected chi connectivity index (χ4v) is 4.64. The molecule has 1 aromatic heterocycles. The molecule has 1 aliphatic heterocycles. The molecule has 3 aromatic rings. The summed E-state index contributed by atoms with van der Waals surface area (Å²) in [7, 11) is 1.87. The van der Waals surface area contributed by atoms with Crippen molar-refractivity contribution in [2.45, 2.75) is 25.0 Å². The van der Waals surface area contributed by atoms with Crippen molar-refractivity contribution in [1.29, 1.82) is 0 Å². The second-order valence-electron chi connectivity index (χ2n) is 7.81. The first-order chi connectivity index (χ1) is 14.5. The summed E-state index contributed by atoms with van der Waals surface area (Å²) in [6, 6.07) is 18.2. The van der Waals surface area contributed by atoms with Crippen LogP contribution in [0.1, 0.15) is 12.1 Å². The number of nitrogens with zero attached hydrogens (tertiary/aromatic N) is 3. The average Bonchev–Trinajstić information content (AvgIpc) is 3.50. The lowest BCUT2D eigenvalue weighted by Crippen LogP contribution is -2.43. The number of benzene rings is 2. The third kappa shape index (κ3) is 3.47. The Balaban J connectivity index is 1.35. The van der Waals surface area contributed by atoms with Gasteiger partial charge in [0.25, 0.3) is 5.56 Å². The van der Waals surface area contributed by atoms with Crippen molar-refractivity contribution in [1.82, 2.24) is 14.7 Å². The number of nitrogens with one attached hydrogen (secondary N) is 1. The SMILES string of the molecule is Cn1c(CNC2C=C3CC3N(c3ccc(Cl)cc3)C2)c(Cl)c(=O)n1-c1ccccc1. The van der Waals surface area contributed by atoms with Gasteiger partial charge in [-0.15, -0.1) is 0 Å². The summed E-state index contributed by atoms with van der Waals surface area (Å²) in [4.78, 5) is 15.2. The third-order valence-electron chi connectivity index (χ3n) is 5.90. The van der Waals surface area contributed by atoms with Gasteiger partial charge in [0.2, 0.25) is 0 Å². The predicted octanol–water partition coefficient (Wildman–Crippen LogP) is 4.16. The minimum atomic E-state index is -0.200. The molecule has 0 saturated heterocycles. The van der Waals surface area contributed by atoms with Crippen molar-refractivity contribution in [3.8, 4) is 5.69 Å². The zero-order chi connectivity index (χ0) is 20.8. The van der Waals surface area contributed by atoms with Gasteiger partial charge in [0.05, 0.1) is 17.4 Å². The summed E-state index contributed by atoms with van der Waals surface area (Å²) in [5, 5.41) is 4.58. The van der Waals surface area contributed by atoms with E-state index in [4.69, 9.17) is 23.2 Å². The quantitative estimate of drug-likeness (QED) is 0.605. The Kier molecular flexibility index (Phi) is 4.97. The Morgan fingerprint density at radius 3 is 2.50 bits per heavy atom. The maximum Gasteiger partial charge on any atom is 0.290 e. The van der Waals surface area contributed by atoms with E-state index in [1.165, 1.54) is 11.3 Å². The molecule has 2 unspecified atom stereocenters. The van der Waals surface area contributed by atoms with Crippen molar-refractivity contribution in [2.75, 3.05) is 11.4 Å². The molecule has 2 atom stereocenters. The molecule has 5 rings (SSSR count). The topological polar surface area (TPSA) is 42.2 Å². The van der Waals surface area contributed by atoms with Gasteiger partial charge in [-0.25, -0.2) is 4.68 Å². The zero-order valence-corrected chi connectivity index (χ0v) is 18.1. The van der Waals surface area contributed by atoms with Gasteiger partial charge in [0.1, 0.15) is 5.02 Å². The van der Waals surface area contributed by atoms with Crippen LogP contribution in [0.4, 0.5) is 5.69 Å². The highest BCUT2D eigenvalue weighted by atomic mass is 35.5. The molecule has 1 saturated carbocycles. The lowest BCUT2D eigenvalue weighted by Gasteiger charge is -2.31. The third-order valence-corrected chi connectivity index (χ3v) is 6.53. The van der Waals surface area contributed by atoms with Crippen molar-refractivity contribution < 1.29 is 0 Å². The van der Waals surface area contributed by atoms with Gasteiger partial charge in [-0.2, -0.15) is 0 Å². The van der Waals surface area contributed by atoms with Crippen molar-refractivity contribution in [3.63, 3.8) is 0 Å². The van der Waals surface area contributed by atoms with Crippen LogP contribution in [0.2, 0.25) is 10.0 Å². The van der Waals surface area contributed by atoms with Crippen LogP contribution in [0.15, 0.2) is 71.0 Å². The number of anilines is 1. The van der Waals surface area contributed by atoms with Gasteiger partial charge < -0.3 is 10.2 Å². The number of aromatic nitrogens is 2. The fourth-order valence-electron chi connectivity index (χ4n) is 4.24. The largest absolute Gasteiger partial charge is 0.363 e. The van der Waals surface area contributed by atoms with E-state index < -0.39 is 0 Å². The van der Waals surface area contributed by atoms with Crippen LogP contribution in [0.3, 0.4) is 0 Å². The Hall–Kier alpha value is -2.47. The maximum atomic E-state index is 12.7. The van der Waals surface area contributed by atoms with Crippen molar-refractivity contribution >= 4 is 28.9 Å². The highest BCUT2D eigenvalue weighted by molar-refractivity contribution is 6.31. The molecule has 154 valence electrons. The molecular weight excluding hydrogens is 419 g/mol. The van der Waals surface area contributed by atoms with Crippen LogP contribution in [0.25, 0.3) is 5.69 Å². The van der Waals surface area contributed by atoms with Crippen LogP contribution in [-0.2, 0) is 13.6 Å². The van der Waals surface area contributed by atoms with E-state index in [9.17, 15) is 4.79 Å². The van der Waals surface area contributed by atoms with Gasteiger partial charge in [-0.1, -0.05) is 47.5 Å². The lowest BCUT2D eigenvalue weighted by atomic mass is 10.1. The van der Waals surface area contributed by atoms with Crippen LogP contribution < -0.4 is 15.8 Å². The summed E-state index contributed by atoms with van der Waals surface area (Å²) in [6.07, 6.45) is 3.42. The molecule has 30 heavy (non-hydrogen) atoms. The standard InChI is InChI=1S/C23H22Cl2N4O/c1-27-21(22(25)23(30)29(27)19-5-3-2-4-6-19)13-26-17-11-15-12-20(15)28(14-17)18-9-7-16(24)8-10-18/h2-11,17,20,26H,12-14H2,1H3. The highest BCUT2D eigenvalue weighted by Crippen LogP contribution is 2.41. The summed E-state index contributed by atoms with van der Waals surface area (Å²) in [6.45, 7) is 1.37. The number of hydrogen-bond acceptors (Lipinski definition) is 3. The molecule has 5 nitrogen and oxygen atoms in total. The van der Waals surface area contributed by atoms with Crippen molar-refractivity contribution in [2.24, 2.45) is 7.05 Å². The highest BCUT2D eigenvalue weighted by Gasteiger charge is 2.40. The summed E-state index contributed by atoms with van der Waals surface area (Å²) < 4.78 is 3.44. The smallest absolute Gasteiger partial charge is 0.290 e. The second-order valence-corrected chi connectivity index (χ2v) is 8.63. The lowest BCUT2D eigenvalue weighted by molar-refractivity contribution is 0.530. The molecule has 1 fully saturated rings. The first-order valence-corrected chi connectivity index (χ1v) is 10.8. The van der Waals surface area contributed by atoms with E-state index in [0.717, 1.165) is 29.4 Å². The van der Waals surface area contributed by atoms with E-state index in [2.05, 4.69) is 28.4 Å². The maximum absolute atomic E-state index is 12.7. The second kappa shape index (κ2) is 7.65. The molecule has 0 bridgehead atoms. The van der Waals surface area contributed by atoms with Crippen LogP contribution in [0.5, 0.6) is 0 Å². The van der Waals surface area contributed by atoms with Gasteiger partial charge in [-0.05, 0) is 48.4 Å². The molecule has 2 aliphatic rings. The van der Waals surface area contributed by atoms with Crippen LogP contribution in [-0.4, -0.2) is 28.0 Å². The minimum absolute atomic E-state index is 0.181. The molecule has 2 aromatic carbocycles. The number of fused-ring (bicyclic) bond motifs is 1. The van der Waals surface area contributed by atoms with E-state index >= 15 is 0 Å². The number of rotatable bonds is 5. The first kappa shape index (κ1) is 19.5. The molecule has 0 spiro atoms. The van der Waals surface area contributed by atoms with Crippen molar-refractivity contribution in [3.05, 3.63) is 92.3 Å². The van der Waals surface area contributed by atoms with Gasteiger partial charge in [0.15, 0.2) is 0 Å². The molecule has 7 heteroatoms. The van der Waals surface area contributed by atoms with E-state index in [1.54, 1.807) is 4.68 Å². The molecule has 0 amide bonds. The van der Waals surface area contributed by atoms with E-state index in [0.29, 0.717) is 12.6 Å². The van der Waals surface area contributed by atoms with Crippen LogP contribution in [0, 0.1) is 0 Å². The van der Waals surface area contributed by atoms with E-state index in [-0.39, 0.29) is 16.6 Å². The minimum Gasteiger partial charge on any atom is -0.363 e. The zero-order valence-electron chi connectivity index (χ0n) is 16.6. The van der Waals surface area contributed by atoms with Gasteiger partial charge in [-0.3, -0.25) is 9.48 Å². The Bertz CT molecular complexity index is 1160. The Morgan fingerprint density at radius 1 is 1.03 bits per heavy atom. The molecule has 1 N–H and O–H groups in total. The first-order valence-electron chi connectivity index (χ1n) is 10.0. The van der Waals surface area contributed by atoms with Crippen LogP contribution >= 0.6 is 23.2 Å². The summed E-state index contributed by atoms with van der Waals surface area (Å²) in [5.74, 6) is 0. The number of halogens is 2. The average molecular weight is 441 g/mol. The predicted molar refractivity (Wildman–Crippen MR) is 122 cm³/mol. The van der Waals surface area contributed by atoms with Gasteiger partial charge >= 0.3 is 0 Å². The number of para-hydroxylation sites is 1. The Morgan fingerprint density at radius 2 is 1.77 bits per heavy atom.